The third-order valence-electron chi connectivity index (χ3n) is 3.58. The number of hydrogen-bond acceptors (Lipinski definition) is 3. The van der Waals surface area contributed by atoms with E-state index in [1.807, 2.05) is 12.1 Å². The minimum Gasteiger partial charge on any atom is -0.481 e. The Hall–Kier alpha value is -0.870. The Morgan fingerprint density at radius 1 is 1.44 bits per heavy atom. The summed E-state index contributed by atoms with van der Waals surface area (Å²) in [6.07, 6.45) is 4.21. The molecule has 18 heavy (non-hydrogen) atoms. The van der Waals surface area contributed by atoms with Crippen LogP contribution in [0.3, 0.4) is 0 Å². The minimum absolute atomic E-state index is 0.144. The van der Waals surface area contributed by atoms with Gasteiger partial charge < -0.3 is 10.4 Å². The molecule has 2 rings (SSSR count). The molecule has 1 aromatic heterocycles. The van der Waals surface area contributed by atoms with Crippen molar-refractivity contribution < 1.29 is 9.90 Å². The molecule has 1 fully saturated rings. The monoisotopic (exact) mass is 267 g/mol. The lowest BCUT2D eigenvalue weighted by molar-refractivity contribution is -0.136. The van der Waals surface area contributed by atoms with Crippen LogP contribution in [0.5, 0.6) is 0 Å². The van der Waals surface area contributed by atoms with Crippen molar-refractivity contribution in [1.29, 1.82) is 0 Å². The number of hydrogen-bond donors (Lipinski definition) is 2. The zero-order valence-corrected chi connectivity index (χ0v) is 11.6. The summed E-state index contributed by atoms with van der Waals surface area (Å²) >= 11 is 1.60. The maximum Gasteiger partial charge on any atom is 0.308 e. The maximum atomic E-state index is 10.6. The van der Waals surface area contributed by atoms with E-state index in [4.69, 9.17) is 5.11 Å². The van der Waals surface area contributed by atoms with E-state index in [0.717, 1.165) is 29.8 Å². The van der Waals surface area contributed by atoms with Crippen LogP contribution in [0.15, 0.2) is 12.1 Å². The normalized spacial score (nSPS) is 23.4. The molecule has 1 heterocycles. The van der Waals surface area contributed by atoms with E-state index in [1.165, 1.54) is 24.1 Å². The van der Waals surface area contributed by atoms with E-state index in [1.54, 1.807) is 11.3 Å². The first kappa shape index (κ1) is 13.6. The molecule has 100 valence electrons. The Balaban J connectivity index is 1.70. The number of rotatable bonds is 6. The predicted octanol–water partition coefficient (Wildman–Crippen LogP) is 2.90. The van der Waals surface area contributed by atoms with Gasteiger partial charge in [-0.05, 0) is 43.4 Å². The highest BCUT2D eigenvalue weighted by atomic mass is 32.1. The van der Waals surface area contributed by atoms with Crippen LogP contribution in [0.25, 0.3) is 0 Å². The van der Waals surface area contributed by atoms with Crippen molar-refractivity contribution in [2.24, 2.45) is 11.8 Å². The smallest absolute Gasteiger partial charge is 0.308 e. The van der Waals surface area contributed by atoms with Crippen molar-refractivity contribution in [3.8, 4) is 0 Å². The Bertz CT molecular complexity index is 402. The van der Waals surface area contributed by atoms with Crippen molar-refractivity contribution in [1.82, 2.24) is 5.32 Å². The van der Waals surface area contributed by atoms with Gasteiger partial charge in [-0.1, -0.05) is 13.3 Å². The molecule has 0 aromatic carbocycles. The van der Waals surface area contributed by atoms with Gasteiger partial charge in [-0.25, -0.2) is 0 Å². The molecule has 0 bridgehead atoms. The van der Waals surface area contributed by atoms with E-state index in [-0.39, 0.29) is 6.42 Å². The largest absolute Gasteiger partial charge is 0.481 e. The van der Waals surface area contributed by atoms with E-state index in [2.05, 4.69) is 12.2 Å². The number of thiophene rings is 1. The average molecular weight is 267 g/mol. The fourth-order valence-electron chi connectivity index (χ4n) is 2.67. The first-order valence-corrected chi connectivity index (χ1v) is 7.45. The van der Waals surface area contributed by atoms with Gasteiger partial charge in [0.25, 0.3) is 0 Å². The summed E-state index contributed by atoms with van der Waals surface area (Å²) in [7, 11) is 0. The van der Waals surface area contributed by atoms with E-state index >= 15 is 0 Å². The lowest BCUT2D eigenvalue weighted by Gasteiger charge is -2.10. The Morgan fingerprint density at radius 2 is 2.22 bits per heavy atom. The van der Waals surface area contributed by atoms with Crippen molar-refractivity contribution >= 4 is 17.3 Å². The highest BCUT2D eigenvalue weighted by molar-refractivity contribution is 7.12. The third-order valence-corrected chi connectivity index (χ3v) is 4.66. The zero-order chi connectivity index (χ0) is 13.0. The van der Waals surface area contributed by atoms with E-state index in [0.29, 0.717) is 0 Å². The van der Waals surface area contributed by atoms with Crippen LogP contribution in [0.4, 0.5) is 0 Å². The predicted molar refractivity (Wildman–Crippen MR) is 73.9 cm³/mol. The lowest BCUT2D eigenvalue weighted by Crippen LogP contribution is -2.20. The summed E-state index contributed by atoms with van der Waals surface area (Å²) in [5.41, 5.74) is 0. The number of nitrogens with one attached hydrogen (secondary N) is 1. The summed E-state index contributed by atoms with van der Waals surface area (Å²) in [6, 6.07) is 3.96. The second kappa shape index (κ2) is 6.34. The standard InChI is InChI=1S/C14H21NO2S/c1-10-2-3-11(6-10)8-15-9-13-5-4-12(18-13)7-14(16)17/h4-5,10-11,15H,2-3,6-9H2,1H3,(H,16,17). The lowest BCUT2D eigenvalue weighted by atomic mass is 10.1. The fourth-order valence-corrected chi connectivity index (χ4v) is 3.65. The maximum absolute atomic E-state index is 10.6. The molecule has 0 aliphatic heterocycles. The molecule has 1 aromatic rings. The molecule has 1 aliphatic rings. The van der Waals surface area contributed by atoms with Crippen LogP contribution in [0, 0.1) is 11.8 Å². The van der Waals surface area contributed by atoms with Gasteiger partial charge in [-0.15, -0.1) is 11.3 Å². The zero-order valence-electron chi connectivity index (χ0n) is 10.8. The summed E-state index contributed by atoms with van der Waals surface area (Å²) in [5, 5.41) is 12.2. The van der Waals surface area contributed by atoms with Crippen LogP contribution in [0.1, 0.15) is 35.9 Å². The molecule has 4 heteroatoms. The summed E-state index contributed by atoms with van der Waals surface area (Å²) in [5.74, 6) is 0.968. The van der Waals surface area contributed by atoms with Crippen molar-refractivity contribution in [2.45, 2.75) is 39.2 Å². The fraction of sp³-hybridized carbons (Fsp3) is 0.643. The van der Waals surface area contributed by atoms with Gasteiger partial charge in [0.05, 0.1) is 6.42 Å². The Kier molecular flexibility index (Phi) is 4.78. The van der Waals surface area contributed by atoms with Gasteiger partial charge in [0, 0.05) is 16.3 Å². The Labute approximate surface area is 112 Å². The highest BCUT2D eigenvalue weighted by Crippen LogP contribution is 2.29. The Morgan fingerprint density at radius 3 is 2.89 bits per heavy atom. The topological polar surface area (TPSA) is 49.3 Å². The van der Waals surface area contributed by atoms with Gasteiger partial charge >= 0.3 is 5.97 Å². The summed E-state index contributed by atoms with van der Waals surface area (Å²) in [6.45, 7) is 4.29. The third kappa shape index (κ3) is 4.10. The molecule has 0 radical (unpaired) electrons. The molecule has 0 spiro atoms. The van der Waals surface area contributed by atoms with Crippen LogP contribution in [-0.2, 0) is 17.8 Å². The minimum atomic E-state index is -0.753. The summed E-state index contributed by atoms with van der Waals surface area (Å²) < 4.78 is 0. The molecule has 3 nitrogen and oxygen atoms in total. The van der Waals surface area contributed by atoms with Gasteiger partial charge in [-0.3, -0.25) is 4.79 Å². The van der Waals surface area contributed by atoms with E-state index < -0.39 is 5.97 Å². The first-order chi connectivity index (χ1) is 8.63. The number of carboxylic acids is 1. The molecule has 2 unspecified atom stereocenters. The van der Waals surface area contributed by atoms with Crippen molar-refractivity contribution in [3.63, 3.8) is 0 Å². The van der Waals surface area contributed by atoms with Crippen LogP contribution in [-0.4, -0.2) is 17.6 Å². The van der Waals surface area contributed by atoms with Gasteiger partial charge in [0.15, 0.2) is 0 Å². The van der Waals surface area contributed by atoms with Crippen molar-refractivity contribution in [2.75, 3.05) is 6.54 Å². The molecule has 1 saturated carbocycles. The quantitative estimate of drug-likeness (QED) is 0.833. The molecule has 2 atom stereocenters. The molecule has 0 saturated heterocycles. The van der Waals surface area contributed by atoms with Gasteiger partial charge in [0.1, 0.15) is 0 Å². The second-order valence-corrected chi connectivity index (χ2v) is 6.61. The molecular weight excluding hydrogens is 246 g/mol. The first-order valence-electron chi connectivity index (χ1n) is 6.63. The van der Waals surface area contributed by atoms with Crippen molar-refractivity contribution in [3.05, 3.63) is 21.9 Å². The number of aliphatic carboxylic acids is 1. The molecular formula is C14H21NO2S. The number of carboxylic acid groups (broad SMARTS) is 1. The molecule has 1 aliphatic carbocycles. The van der Waals surface area contributed by atoms with Crippen LogP contribution >= 0.6 is 11.3 Å². The van der Waals surface area contributed by atoms with Gasteiger partial charge in [-0.2, -0.15) is 0 Å². The average Bonchev–Trinajstić information content (AvgIpc) is 2.88. The van der Waals surface area contributed by atoms with Gasteiger partial charge in [0.2, 0.25) is 0 Å². The number of carbonyl (C=O) groups is 1. The molecule has 0 amide bonds. The summed E-state index contributed by atoms with van der Waals surface area (Å²) in [4.78, 5) is 12.8. The molecule has 2 N–H and O–H groups in total. The SMILES string of the molecule is CC1CCC(CNCc2ccc(CC(=O)O)s2)C1. The highest BCUT2D eigenvalue weighted by Gasteiger charge is 2.20. The van der Waals surface area contributed by atoms with Crippen LogP contribution < -0.4 is 5.32 Å². The van der Waals surface area contributed by atoms with Crippen LogP contribution in [0.2, 0.25) is 0 Å². The second-order valence-electron chi connectivity index (χ2n) is 5.35. The van der Waals surface area contributed by atoms with E-state index in [9.17, 15) is 4.79 Å².